The van der Waals surface area contributed by atoms with Gasteiger partial charge in [-0.1, -0.05) is 40.2 Å². The van der Waals surface area contributed by atoms with Crippen molar-refractivity contribution in [1.82, 2.24) is 10.6 Å². The Bertz CT molecular complexity index is 670. The maximum atomic E-state index is 12.2. The number of ether oxygens (including phenoxy) is 1. The molecule has 0 aromatic heterocycles. The third-order valence-electron chi connectivity index (χ3n) is 3.88. The third kappa shape index (κ3) is 4.33. The Kier molecular flexibility index (Phi) is 5.31. The van der Waals surface area contributed by atoms with Crippen LogP contribution in [0.5, 0.6) is 11.5 Å². The molecular formula is C18H19BrN2O2. The van der Waals surface area contributed by atoms with E-state index < -0.39 is 0 Å². The van der Waals surface area contributed by atoms with Crippen LogP contribution in [0.3, 0.4) is 0 Å². The van der Waals surface area contributed by atoms with Crippen molar-refractivity contribution in [2.45, 2.75) is 13.0 Å². The van der Waals surface area contributed by atoms with Gasteiger partial charge < -0.3 is 15.4 Å². The van der Waals surface area contributed by atoms with E-state index in [4.69, 9.17) is 4.74 Å². The summed E-state index contributed by atoms with van der Waals surface area (Å²) in [6.07, 6.45) is 0.902. The lowest BCUT2D eigenvalue weighted by atomic mass is 10.1. The van der Waals surface area contributed by atoms with Crippen LogP contribution < -0.4 is 15.4 Å². The lowest BCUT2D eigenvalue weighted by Gasteiger charge is -2.14. The summed E-state index contributed by atoms with van der Waals surface area (Å²) in [7, 11) is 0. The summed E-state index contributed by atoms with van der Waals surface area (Å²) >= 11 is 3.47. The molecule has 23 heavy (non-hydrogen) atoms. The molecule has 2 aromatic rings. The molecule has 0 saturated carbocycles. The molecular weight excluding hydrogens is 356 g/mol. The van der Waals surface area contributed by atoms with Gasteiger partial charge in [-0.05, 0) is 37.2 Å². The fourth-order valence-corrected chi connectivity index (χ4v) is 2.93. The van der Waals surface area contributed by atoms with Crippen LogP contribution in [0, 0.1) is 5.92 Å². The Morgan fingerprint density at radius 1 is 1.26 bits per heavy atom. The fraction of sp³-hybridized carbons (Fsp3) is 0.278. The standard InChI is InChI=1S/C18H19BrN2O2/c19-15-7-6-13(12-21-18(22)14-8-9-20-11-14)17(10-15)23-16-4-2-1-3-5-16/h1-7,10,14,20H,8-9,11-12H2,(H,21,22). The van der Waals surface area contributed by atoms with E-state index in [2.05, 4.69) is 26.6 Å². The second kappa shape index (κ2) is 7.62. The number of hydrogen-bond donors (Lipinski definition) is 2. The van der Waals surface area contributed by atoms with Crippen molar-refractivity contribution in [3.63, 3.8) is 0 Å². The summed E-state index contributed by atoms with van der Waals surface area (Å²) in [6.45, 7) is 2.14. The van der Waals surface area contributed by atoms with E-state index in [1.165, 1.54) is 0 Å². The monoisotopic (exact) mass is 374 g/mol. The summed E-state index contributed by atoms with van der Waals surface area (Å²) in [6, 6.07) is 15.5. The van der Waals surface area contributed by atoms with Crippen molar-refractivity contribution in [2.24, 2.45) is 5.92 Å². The Morgan fingerprint density at radius 2 is 2.09 bits per heavy atom. The number of amides is 1. The smallest absolute Gasteiger partial charge is 0.224 e. The minimum Gasteiger partial charge on any atom is -0.457 e. The molecule has 2 aromatic carbocycles. The molecule has 3 rings (SSSR count). The largest absolute Gasteiger partial charge is 0.457 e. The van der Waals surface area contributed by atoms with Gasteiger partial charge in [0.2, 0.25) is 5.91 Å². The molecule has 5 heteroatoms. The number of carbonyl (C=O) groups is 1. The molecule has 1 saturated heterocycles. The van der Waals surface area contributed by atoms with Gasteiger partial charge >= 0.3 is 0 Å². The summed E-state index contributed by atoms with van der Waals surface area (Å²) in [5.74, 6) is 1.70. The number of para-hydroxylation sites is 1. The van der Waals surface area contributed by atoms with Crippen LogP contribution in [0.25, 0.3) is 0 Å². The van der Waals surface area contributed by atoms with Gasteiger partial charge in [0.15, 0.2) is 0 Å². The first-order chi connectivity index (χ1) is 11.2. The molecule has 1 unspecified atom stereocenters. The number of halogens is 1. The first kappa shape index (κ1) is 16.0. The summed E-state index contributed by atoms with van der Waals surface area (Å²) in [4.78, 5) is 12.2. The van der Waals surface area contributed by atoms with Gasteiger partial charge in [0.25, 0.3) is 0 Å². The van der Waals surface area contributed by atoms with Crippen LogP contribution in [0.2, 0.25) is 0 Å². The van der Waals surface area contributed by atoms with Crippen LogP contribution in [0.1, 0.15) is 12.0 Å². The van der Waals surface area contributed by atoms with Gasteiger partial charge in [-0.15, -0.1) is 0 Å². The molecule has 1 atom stereocenters. The SMILES string of the molecule is O=C(NCc1ccc(Br)cc1Oc1ccccc1)C1CCNC1. The maximum Gasteiger partial charge on any atom is 0.224 e. The van der Waals surface area contributed by atoms with Crippen LogP contribution in [0.15, 0.2) is 53.0 Å². The van der Waals surface area contributed by atoms with E-state index in [0.717, 1.165) is 41.0 Å². The Morgan fingerprint density at radius 3 is 2.83 bits per heavy atom. The zero-order chi connectivity index (χ0) is 16.1. The van der Waals surface area contributed by atoms with E-state index >= 15 is 0 Å². The van der Waals surface area contributed by atoms with Crippen molar-refractivity contribution >= 4 is 21.8 Å². The molecule has 120 valence electrons. The third-order valence-corrected chi connectivity index (χ3v) is 4.38. The molecule has 0 radical (unpaired) electrons. The molecule has 0 aliphatic carbocycles. The van der Waals surface area contributed by atoms with Gasteiger partial charge in [0.05, 0.1) is 5.92 Å². The zero-order valence-corrected chi connectivity index (χ0v) is 14.3. The predicted octanol–water partition coefficient (Wildman–Crippen LogP) is 3.47. The van der Waals surface area contributed by atoms with Crippen molar-refractivity contribution in [1.29, 1.82) is 0 Å². The van der Waals surface area contributed by atoms with E-state index in [0.29, 0.717) is 6.54 Å². The number of carbonyl (C=O) groups excluding carboxylic acids is 1. The lowest BCUT2D eigenvalue weighted by molar-refractivity contribution is -0.124. The Balaban J connectivity index is 1.69. The molecule has 2 N–H and O–H groups in total. The highest BCUT2D eigenvalue weighted by Gasteiger charge is 2.22. The summed E-state index contributed by atoms with van der Waals surface area (Å²) in [5.41, 5.74) is 0.955. The molecule has 1 heterocycles. The number of nitrogens with one attached hydrogen (secondary N) is 2. The number of hydrogen-bond acceptors (Lipinski definition) is 3. The average Bonchev–Trinajstić information content (AvgIpc) is 3.09. The van der Waals surface area contributed by atoms with Crippen LogP contribution >= 0.6 is 15.9 Å². The van der Waals surface area contributed by atoms with Gasteiger partial charge in [-0.2, -0.15) is 0 Å². The fourth-order valence-electron chi connectivity index (χ4n) is 2.59. The predicted molar refractivity (Wildman–Crippen MR) is 93.5 cm³/mol. The van der Waals surface area contributed by atoms with Gasteiger partial charge in [-0.25, -0.2) is 0 Å². The molecule has 1 aliphatic heterocycles. The van der Waals surface area contributed by atoms with Crippen molar-refractivity contribution in [2.75, 3.05) is 13.1 Å². The van der Waals surface area contributed by atoms with Gasteiger partial charge in [0.1, 0.15) is 11.5 Å². The van der Waals surface area contributed by atoms with E-state index in [9.17, 15) is 4.79 Å². The average molecular weight is 375 g/mol. The Hall–Kier alpha value is -1.85. The quantitative estimate of drug-likeness (QED) is 0.842. The van der Waals surface area contributed by atoms with E-state index in [-0.39, 0.29) is 11.8 Å². The van der Waals surface area contributed by atoms with Crippen molar-refractivity contribution in [3.8, 4) is 11.5 Å². The zero-order valence-electron chi connectivity index (χ0n) is 12.7. The highest BCUT2D eigenvalue weighted by molar-refractivity contribution is 9.10. The number of rotatable bonds is 5. The molecule has 0 bridgehead atoms. The maximum absolute atomic E-state index is 12.2. The van der Waals surface area contributed by atoms with Crippen LogP contribution in [-0.4, -0.2) is 19.0 Å². The summed E-state index contributed by atoms with van der Waals surface area (Å²) in [5, 5.41) is 6.22. The van der Waals surface area contributed by atoms with Crippen molar-refractivity contribution in [3.05, 3.63) is 58.6 Å². The van der Waals surface area contributed by atoms with Crippen LogP contribution in [0.4, 0.5) is 0 Å². The van der Waals surface area contributed by atoms with Crippen molar-refractivity contribution < 1.29 is 9.53 Å². The summed E-state index contributed by atoms with van der Waals surface area (Å²) < 4.78 is 6.90. The van der Waals surface area contributed by atoms with E-state index in [1.54, 1.807) is 0 Å². The number of benzene rings is 2. The lowest BCUT2D eigenvalue weighted by Crippen LogP contribution is -2.31. The highest BCUT2D eigenvalue weighted by Crippen LogP contribution is 2.28. The first-order valence-electron chi connectivity index (χ1n) is 7.72. The van der Waals surface area contributed by atoms with Gasteiger partial charge in [-0.3, -0.25) is 4.79 Å². The first-order valence-corrected chi connectivity index (χ1v) is 8.51. The van der Waals surface area contributed by atoms with Gasteiger partial charge in [0, 0.05) is 23.1 Å². The highest BCUT2D eigenvalue weighted by atomic mass is 79.9. The second-order valence-corrected chi connectivity index (χ2v) is 6.49. The van der Waals surface area contributed by atoms with Crippen LogP contribution in [-0.2, 0) is 11.3 Å². The molecule has 0 spiro atoms. The molecule has 1 fully saturated rings. The molecule has 4 nitrogen and oxygen atoms in total. The minimum absolute atomic E-state index is 0.0731. The molecule has 1 amide bonds. The van der Waals surface area contributed by atoms with E-state index in [1.807, 2.05) is 48.5 Å². The second-order valence-electron chi connectivity index (χ2n) is 5.57. The topological polar surface area (TPSA) is 50.4 Å². The normalized spacial score (nSPS) is 17.0. The Labute approximate surface area is 144 Å². The molecule has 1 aliphatic rings. The minimum atomic E-state index is 0.0731.